The van der Waals surface area contributed by atoms with Gasteiger partial charge >= 0.3 is 0 Å². The van der Waals surface area contributed by atoms with E-state index < -0.39 is 0 Å². The molecule has 76 valence electrons. The van der Waals surface area contributed by atoms with Crippen LogP contribution in [-0.2, 0) is 17.9 Å². The Hall–Kier alpha value is -1.23. The lowest BCUT2D eigenvalue weighted by Crippen LogP contribution is -2.34. The predicted octanol–water partition coefficient (Wildman–Crippen LogP) is 0.0728. The molecule has 1 aliphatic heterocycles. The molecular weight excluding hydrogens is 180 g/mol. The van der Waals surface area contributed by atoms with Crippen LogP contribution in [0.3, 0.4) is 0 Å². The summed E-state index contributed by atoms with van der Waals surface area (Å²) in [5, 5.41) is 7.87. The van der Waals surface area contributed by atoms with E-state index in [4.69, 9.17) is 0 Å². The standard InChI is InChI=1S/C9H14N4O/c1-8(14)2-3-12-4-5-13-7-10-11-9(13)6-12/h7H,2-6H2,1H3. The quantitative estimate of drug-likeness (QED) is 0.683. The van der Waals surface area contributed by atoms with Crippen LogP contribution in [0.1, 0.15) is 19.2 Å². The maximum atomic E-state index is 10.8. The number of carbonyl (C=O) groups excluding carboxylic acids is 1. The molecule has 0 atom stereocenters. The van der Waals surface area contributed by atoms with Crippen molar-refractivity contribution < 1.29 is 4.79 Å². The van der Waals surface area contributed by atoms with Crippen molar-refractivity contribution in [3.05, 3.63) is 12.2 Å². The van der Waals surface area contributed by atoms with Gasteiger partial charge in [0.2, 0.25) is 0 Å². The summed E-state index contributed by atoms with van der Waals surface area (Å²) in [6.07, 6.45) is 2.39. The third kappa shape index (κ3) is 1.98. The summed E-state index contributed by atoms with van der Waals surface area (Å²) in [6, 6.07) is 0. The zero-order chi connectivity index (χ0) is 9.97. The van der Waals surface area contributed by atoms with E-state index in [1.165, 1.54) is 0 Å². The zero-order valence-corrected chi connectivity index (χ0v) is 8.31. The van der Waals surface area contributed by atoms with Crippen LogP contribution in [0, 0.1) is 0 Å². The second-order valence-electron chi connectivity index (χ2n) is 3.67. The van der Waals surface area contributed by atoms with E-state index in [0.29, 0.717) is 6.42 Å². The highest BCUT2D eigenvalue weighted by atomic mass is 16.1. The van der Waals surface area contributed by atoms with Crippen molar-refractivity contribution in [2.45, 2.75) is 26.4 Å². The number of ketones is 1. The van der Waals surface area contributed by atoms with Crippen molar-refractivity contribution >= 4 is 5.78 Å². The van der Waals surface area contributed by atoms with Crippen LogP contribution in [0.2, 0.25) is 0 Å². The van der Waals surface area contributed by atoms with Crippen LogP contribution in [0.4, 0.5) is 0 Å². The Kier molecular flexibility index (Phi) is 2.58. The molecule has 0 fully saturated rings. The van der Waals surface area contributed by atoms with Crippen molar-refractivity contribution in [3.8, 4) is 0 Å². The minimum atomic E-state index is 0.247. The van der Waals surface area contributed by atoms with Crippen molar-refractivity contribution in [1.29, 1.82) is 0 Å². The summed E-state index contributed by atoms with van der Waals surface area (Å²) in [5.74, 6) is 1.25. The summed E-state index contributed by atoms with van der Waals surface area (Å²) in [7, 11) is 0. The highest BCUT2D eigenvalue weighted by molar-refractivity contribution is 5.75. The number of hydrogen-bond donors (Lipinski definition) is 0. The Bertz CT molecular complexity index is 333. The summed E-state index contributed by atoms with van der Waals surface area (Å²) in [4.78, 5) is 13.1. The Balaban J connectivity index is 1.91. The van der Waals surface area contributed by atoms with E-state index in [0.717, 1.165) is 32.0 Å². The summed E-state index contributed by atoms with van der Waals surface area (Å²) >= 11 is 0. The van der Waals surface area contributed by atoms with Gasteiger partial charge in [-0.05, 0) is 6.92 Å². The summed E-state index contributed by atoms with van der Waals surface area (Å²) < 4.78 is 2.06. The maximum Gasteiger partial charge on any atom is 0.147 e. The Morgan fingerprint density at radius 3 is 3.21 bits per heavy atom. The van der Waals surface area contributed by atoms with Crippen LogP contribution in [0.25, 0.3) is 0 Å². The molecule has 5 nitrogen and oxygen atoms in total. The number of Topliss-reactive ketones (excluding diaryl/α,β-unsaturated/α-hetero) is 1. The van der Waals surface area contributed by atoms with E-state index in [1.807, 2.05) is 0 Å². The number of rotatable bonds is 3. The highest BCUT2D eigenvalue weighted by Crippen LogP contribution is 2.08. The van der Waals surface area contributed by atoms with Gasteiger partial charge < -0.3 is 4.57 Å². The lowest BCUT2D eigenvalue weighted by molar-refractivity contribution is -0.117. The van der Waals surface area contributed by atoms with E-state index >= 15 is 0 Å². The van der Waals surface area contributed by atoms with E-state index in [1.54, 1.807) is 13.3 Å². The van der Waals surface area contributed by atoms with Gasteiger partial charge in [-0.15, -0.1) is 10.2 Å². The van der Waals surface area contributed by atoms with Crippen LogP contribution >= 0.6 is 0 Å². The zero-order valence-electron chi connectivity index (χ0n) is 8.31. The third-order valence-electron chi connectivity index (χ3n) is 2.50. The first-order valence-electron chi connectivity index (χ1n) is 4.84. The normalized spacial score (nSPS) is 16.6. The molecule has 0 bridgehead atoms. The minimum absolute atomic E-state index is 0.247. The van der Waals surface area contributed by atoms with Gasteiger partial charge in [0.05, 0.1) is 6.54 Å². The molecule has 1 aromatic heterocycles. The number of aromatic nitrogens is 3. The van der Waals surface area contributed by atoms with Crippen LogP contribution in [0.15, 0.2) is 6.33 Å². The molecule has 0 unspecified atom stereocenters. The first-order valence-corrected chi connectivity index (χ1v) is 4.84. The van der Waals surface area contributed by atoms with Crippen molar-refractivity contribution in [1.82, 2.24) is 19.7 Å². The maximum absolute atomic E-state index is 10.8. The molecule has 14 heavy (non-hydrogen) atoms. The van der Waals surface area contributed by atoms with Crippen molar-refractivity contribution in [3.63, 3.8) is 0 Å². The molecule has 2 heterocycles. The average molecular weight is 194 g/mol. The van der Waals surface area contributed by atoms with Gasteiger partial charge in [-0.3, -0.25) is 9.69 Å². The monoisotopic (exact) mass is 194 g/mol. The van der Waals surface area contributed by atoms with Crippen LogP contribution in [0.5, 0.6) is 0 Å². The SMILES string of the molecule is CC(=O)CCN1CCn2cnnc2C1. The van der Waals surface area contributed by atoms with Crippen LogP contribution < -0.4 is 0 Å². The topological polar surface area (TPSA) is 51.0 Å². The van der Waals surface area contributed by atoms with Crippen molar-refractivity contribution in [2.75, 3.05) is 13.1 Å². The van der Waals surface area contributed by atoms with Gasteiger partial charge in [-0.2, -0.15) is 0 Å². The van der Waals surface area contributed by atoms with Gasteiger partial charge in [0.15, 0.2) is 0 Å². The fourth-order valence-corrected chi connectivity index (χ4v) is 1.62. The molecular formula is C9H14N4O. The summed E-state index contributed by atoms with van der Waals surface area (Å²) in [6.45, 7) is 5.19. The highest BCUT2D eigenvalue weighted by Gasteiger charge is 2.16. The molecule has 0 saturated heterocycles. The lowest BCUT2D eigenvalue weighted by Gasteiger charge is -2.26. The van der Waals surface area contributed by atoms with Gasteiger partial charge in [-0.1, -0.05) is 0 Å². The Morgan fingerprint density at radius 1 is 1.57 bits per heavy atom. The lowest BCUT2D eigenvalue weighted by atomic mass is 10.2. The predicted molar refractivity (Wildman–Crippen MR) is 50.6 cm³/mol. The van der Waals surface area contributed by atoms with E-state index in [9.17, 15) is 4.79 Å². The molecule has 0 saturated carbocycles. The number of fused-ring (bicyclic) bond motifs is 1. The molecule has 0 aliphatic carbocycles. The fraction of sp³-hybridized carbons (Fsp3) is 0.667. The number of hydrogen-bond acceptors (Lipinski definition) is 4. The van der Waals surface area contributed by atoms with Gasteiger partial charge in [0.1, 0.15) is 17.9 Å². The Morgan fingerprint density at radius 2 is 2.43 bits per heavy atom. The van der Waals surface area contributed by atoms with Gasteiger partial charge in [0.25, 0.3) is 0 Å². The molecule has 2 rings (SSSR count). The summed E-state index contributed by atoms with van der Waals surface area (Å²) in [5.41, 5.74) is 0. The molecule has 0 spiro atoms. The third-order valence-corrected chi connectivity index (χ3v) is 2.50. The van der Waals surface area contributed by atoms with Gasteiger partial charge in [0, 0.05) is 26.1 Å². The fourth-order valence-electron chi connectivity index (χ4n) is 1.62. The smallest absolute Gasteiger partial charge is 0.147 e. The largest absolute Gasteiger partial charge is 0.315 e. The van der Waals surface area contributed by atoms with Gasteiger partial charge in [-0.25, -0.2) is 0 Å². The van der Waals surface area contributed by atoms with Crippen molar-refractivity contribution in [2.24, 2.45) is 0 Å². The molecule has 0 N–H and O–H groups in total. The van der Waals surface area contributed by atoms with E-state index in [2.05, 4.69) is 19.7 Å². The molecule has 1 aromatic rings. The van der Waals surface area contributed by atoms with E-state index in [-0.39, 0.29) is 5.78 Å². The molecule has 0 amide bonds. The first kappa shape index (κ1) is 9.33. The molecule has 0 aromatic carbocycles. The Labute approximate surface area is 82.7 Å². The average Bonchev–Trinajstić information content (AvgIpc) is 2.61. The second kappa shape index (κ2) is 3.88. The number of nitrogens with zero attached hydrogens (tertiary/aromatic N) is 4. The second-order valence-corrected chi connectivity index (χ2v) is 3.67. The molecule has 5 heteroatoms. The minimum Gasteiger partial charge on any atom is -0.315 e. The van der Waals surface area contributed by atoms with Crippen LogP contribution in [-0.4, -0.2) is 38.5 Å². The number of carbonyl (C=O) groups is 1. The molecule has 0 radical (unpaired) electrons. The molecule has 1 aliphatic rings. The first-order chi connectivity index (χ1) is 6.75.